The molecule has 1 rings (SSSR count). The van der Waals surface area contributed by atoms with E-state index in [1.807, 2.05) is 0 Å². The molecule has 6 nitrogen and oxygen atoms in total. The van der Waals surface area contributed by atoms with Gasteiger partial charge in [-0.2, -0.15) is 0 Å². The van der Waals surface area contributed by atoms with Crippen molar-refractivity contribution < 1.29 is 29.3 Å². The van der Waals surface area contributed by atoms with E-state index in [9.17, 15) is 24.6 Å². The Kier molecular flexibility index (Phi) is 11.2. The lowest BCUT2D eigenvalue weighted by atomic mass is 9.87. The molecule has 5 unspecified atom stereocenters. The molecule has 0 bridgehead atoms. The number of carbonyl (C=O) groups excluding carboxylic acids is 3. The molecule has 1 fully saturated rings. The molecular weight excluding hydrogens is 360 g/mol. The quantitative estimate of drug-likeness (QED) is 0.282. The van der Waals surface area contributed by atoms with Crippen LogP contribution in [0.4, 0.5) is 0 Å². The standard InChI is InChI=1S/C22H36O6/c1-4-7-15(2)12-17(24)10-11-18-19(21(26)14-20(18)25)13-16(23)8-5-6-9-22(27)28-3/h10-11,15,17-20,24-25H,4-9,12-14H2,1-3H3/b11-10+. The number of aliphatic hydroxyl groups is 2. The molecule has 0 aromatic carbocycles. The summed E-state index contributed by atoms with van der Waals surface area (Å²) in [5.41, 5.74) is 0. The number of hydrogen-bond acceptors (Lipinski definition) is 6. The van der Waals surface area contributed by atoms with E-state index in [-0.39, 0.29) is 36.8 Å². The zero-order valence-electron chi connectivity index (χ0n) is 17.4. The van der Waals surface area contributed by atoms with Gasteiger partial charge in [-0.15, -0.1) is 0 Å². The highest BCUT2D eigenvalue weighted by Crippen LogP contribution is 2.33. The van der Waals surface area contributed by atoms with E-state index in [0.717, 1.165) is 12.8 Å². The van der Waals surface area contributed by atoms with E-state index in [4.69, 9.17) is 0 Å². The Labute approximate surface area is 168 Å². The number of rotatable bonds is 13. The molecule has 2 N–H and O–H groups in total. The van der Waals surface area contributed by atoms with Gasteiger partial charge in [0, 0.05) is 37.5 Å². The molecule has 0 amide bonds. The third-order valence-corrected chi connectivity index (χ3v) is 5.48. The molecule has 0 radical (unpaired) electrons. The number of unbranched alkanes of at least 4 members (excludes halogenated alkanes) is 1. The van der Waals surface area contributed by atoms with Crippen LogP contribution in [0.3, 0.4) is 0 Å². The molecule has 0 aromatic rings. The molecular formula is C22H36O6. The van der Waals surface area contributed by atoms with Crippen molar-refractivity contribution in [2.24, 2.45) is 17.8 Å². The summed E-state index contributed by atoms with van der Waals surface area (Å²) in [5, 5.41) is 20.4. The van der Waals surface area contributed by atoms with Crippen LogP contribution in [0.1, 0.15) is 71.6 Å². The summed E-state index contributed by atoms with van der Waals surface area (Å²) in [5.74, 6) is -0.977. The third-order valence-electron chi connectivity index (χ3n) is 5.48. The number of hydrogen-bond donors (Lipinski definition) is 2. The summed E-state index contributed by atoms with van der Waals surface area (Å²) in [7, 11) is 1.33. The second-order valence-electron chi connectivity index (χ2n) is 8.03. The van der Waals surface area contributed by atoms with Crippen LogP contribution in [0.5, 0.6) is 0 Å². The van der Waals surface area contributed by atoms with E-state index in [2.05, 4.69) is 18.6 Å². The topological polar surface area (TPSA) is 101 Å². The van der Waals surface area contributed by atoms with Gasteiger partial charge in [-0.05, 0) is 25.2 Å². The minimum atomic E-state index is -0.805. The Morgan fingerprint density at radius 2 is 1.96 bits per heavy atom. The predicted octanol–water partition coefficient (Wildman–Crippen LogP) is 2.99. The van der Waals surface area contributed by atoms with Crippen LogP contribution in [0.25, 0.3) is 0 Å². The summed E-state index contributed by atoms with van der Waals surface area (Å²) < 4.78 is 4.56. The molecule has 0 aromatic heterocycles. The maximum atomic E-state index is 12.2. The number of aliphatic hydroxyl groups excluding tert-OH is 2. The lowest BCUT2D eigenvalue weighted by Gasteiger charge is -2.18. The summed E-state index contributed by atoms with van der Waals surface area (Å²) in [6.07, 6.45) is 6.61. The van der Waals surface area contributed by atoms with Crippen molar-refractivity contribution >= 4 is 17.5 Å². The highest BCUT2D eigenvalue weighted by molar-refractivity contribution is 5.90. The normalized spacial score (nSPS) is 24.5. The maximum Gasteiger partial charge on any atom is 0.305 e. The van der Waals surface area contributed by atoms with E-state index < -0.39 is 24.0 Å². The van der Waals surface area contributed by atoms with E-state index in [1.165, 1.54) is 7.11 Å². The van der Waals surface area contributed by atoms with Gasteiger partial charge < -0.3 is 14.9 Å². The van der Waals surface area contributed by atoms with E-state index in [1.54, 1.807) is 12.2 Å². The zero-order valence-corrected chi connectivity index (χ0v) is 17.4. The van der Waals surface area contributed by atoms with Gasteiger partial charge in [-0.1, -0.05) is 38.8 Å². The van der Waals surface area contributed by atoms with E-state index >= 15 is 0 Å². The van der Waals surface area contributed by atoms with Gasteiger partial charge in [-0.3, -0.25) is 14.4 Å². The molecule has 5 atom stereocenters. The van der Waals surface area contributed by atoms with Gasteiger partial charge in [0.1, 0.15) is 11.6 Å². The average molecular weight is 397 g/mol. The Hall–Kier alpha value is -1.53. The molecule has 0 aliphatic heterocycles. The van der Waals surface area contributed by atoms with Crippen LogP contribution >= 0.6 is 0 Å². The van der Waals surface area contributed by atoms with Crippen molar-refractivity contribution in [2.75, 3.05) is 7.11 Å². The Morgan fingerprint density at radius 3 is 2.61 bits per heavy atom. The van der Waals surface area contributed by atoms with E-state index in [0.29, 0.717) is 31.6 Å². The number of ether oxygens (including phenoxy) is 1. The number of Topliss-reactive ketones (excluding diaryl/α,β-unsaturated/α-hetero) is 2. The van der Waals surface area contributed by atoms with Gasteiger partial charge in [0.2, 0.25) is 0 Å². The van der Waals surface area contributed by atoms with Crippen LogP contribution < -0.4 is 0 Å². The Balaban J connectivity index is 2.53. The van der Waals surface area contributed by atoms with Gasteiger partial charge in [0.25, 0.3) is 0 Å². The fourth-order valence-corrected chi connectivity index (χ4v) is 3.89. The molecule has 1 aliphatic rings. The highest BCUT2D eigenvalue weighted by Gasteiger charge is 2.40. The smallest absolute Gasteiger partial charge is 0.305 e. The summed E-state index contributed by atoms with van der Waals surface area (Å²) in [6, 6.07) is 0. The predicted molar refractivity (Wildman–Crippen MR) is 107 cm³/mol. The second kappa shape index (κ2) is 12.8. The Morgan fingerprint density at radius 1 is 1.29 bits per heavy atom. The average Bonchev–Trinajstić information content (AvgIpc) is 2.89. The first-order valence-corrected chi connectivity index (χ1v) is 10.4. The largest absolute Gasteiger partial charge is 0.469 e. The van der Waals surface area contributed by atoms with Crippen molar-refractivity contribution in [2.45, 2.75) is 83.8 Å². The maximum absolute atomic E-state index is 12.2. The van der Waals surface area contributed by atoms with Crippen LogP contribution in [0.15, 0.2) is 12.2 Å². The minimum absolute atomic E-state index is 0.0344. The SMILES string of the molecule is CCCC(C)CC(O)/C=C/C1C(O)CC(=O)C1CC(=O)CCCCC(=O)OC. The lowest BCUT2D eigenvalue weighted by Crippen LogP contribution is -2.22. The molecule has 160 valence electrons. The molecule has 0 saturated heterocycles. The fraction of sp³-hybridized carbons (Fsp3) is 0.773. The third kappa shape index (κ3) is 8.65. The van der Waals surface area contributed by atoms with Crippen molar-refractivity contribution in [1.82, 2.24) is 0 Å². The monoisotopic (exact) mass is 396 g/mol. The fourth-order valence-electron chi connectivity index (χ4n) is 3.89. The first-order valence-electron chi connectivity index (χ1n) is 10.4. The first kappa shape index (κ1) is 24.5. The van der Waals surface area contributed by atoms with Crippen molar-refractivity contribution in [3.63, 3.8) is 0 Å². The number of carbonyl (C=O) groups is 3. The summed E-state index contributed by atoms with van der Waals surface area (Å²) in [6.45, 7) is 4.20. The Bertz CT molecular complexity index is 541. The van der Waals surface area contributed by atoms with Crippen LogP contribution in [-0.2, 0) is 19.1 Å². The van der Waals surface area contributed by atoms with Crippen LogP contribution in [-0.4, -0.2) is 47.1 Å². The first-order chi connectivity index (χ1) is 13.3. The highest BCUT2D eigenvalue weighted by atomic mass is 16.5. The molecule has 0 spiro atoms. The number of methoxy groups -OCH3 is 1. The molecule has 1 aliphatic carbocycles. The minimum Gasteiger partial charge on any atom is -0.469 e. The van der Waals surface area contributed by atoms with Crippen molar-refractivity contribution in [3.8, 4) is 0 Å². The molecule has 6 heteroatoms. The van der Waals surface area contributed by atoms with Crippen molar-refractivity contribution in [3.05, 3.63) is 12.2 Å². The molecule has 1 saturated carbocycles. The number of ketones is 2. The molecule has 28 heavy (non-hydrogen) atoms. The summed E-state index contributed by atoms with van der Waals surface area (Å²) >= 11 is 0. The molecule has 0 heterocycles. The second-order valence-corrected chi connectivity index (χ2v) is 8.03. The van der Waals surface area contributed by atoms with Crippen LogP contribution in [0, 0.1) is 17.8 Å². The van der Waals surface area contributed by atoms with Crippen LogP contribution in [0.2, 0.25) is 0 Å². The van der Waals surface area contributed by atoms with Gasteiger partial charge in [-0.25, -0.2) is 0 Å². The van der Waals surface area contributed by atoms with Gasteiger partial charge >= 0.3 is 5.97 Å². The van der Waals surface area contributed by atoms with Crippen molar-refractivity contribution in [1.29, 1.82) is 0 Å². The zero-order chi connectivity index (χ0) is 21.1. The van der Waals surface area contributed by atoms with Gasteiger partial charge in [0.05, 0.1) is 19.3 Å². The summed E-state index contributed by atoms with van der Waals surface area (Å²) in [4.78, 5) is 35.5. The lowest BCUT2D eigenvalue weighted by molar-refractivity contribution is -0.140. The number of esters is 1. The van der Waals surface area contributed by atoms with Gasteiger partial charge in [0.15, 0.2) is 0 Å².